The number of ether oxygens (including phenoxy) is 3. The first-order chi connectivity index (χ1) is 25.8. The lowest BCUT2D eigenvalue weighted by atomic mass is 9.85. The second-order valence-electron chi connectivity index (χ2n) is 13.7. The summed E-state index contributed by atoms with van der Waals surface area (Å²) in [6.07, 6.45) is 8.40. The third kappa shape index (κ3) is 12.9. The molecule has 14 nitrogen and oxygen atoms in total. The van der Waals surface area contributed by atoms with E-state index >= 15 is 0 Å². The number of aliphatic hydroxyl groups is 1. The topological polar surface area (TPSA) is 208 Å². The number of primary amides is 1. The average Bonchev–Trinajstić information content (AvgIpc) is 3.14. The number of carbonyl (C=O) groups is 5. The maximum atomic E-state index is 13.9. The molecule has 1 aromatic rings. The van der Waals surface area contributed by atoms with E-state index in [1.165, 1.54) is 20.3 Å². The van der Waals surface area contributed by atoms with Gasteiger partial charge in [0, 0.05) is 56.6 Å². The second-order valence-corrected chi connectivity index (χ2v) is 13.7. The van der Waals surface area contributed by atoms with Gasteiger partial charge >= 0.3 is 6.09 Å². The van der Waals surface area contributed by atoms with Gasteiger partial charge in [-0.25, -0.2) is 4.79 Å². The van der Waals surface area contributed by atoms with Crippen molar-refractivity contribution in [3.63, 3.8) is 0 Å². The molecule has 1 aliphatic heterocycles. The van der Waals surface area contributed by atoms with Gasteiger partial charge in [0.1, 0.15) is 11.8 Å². The summed E-state index contributed by atoms with van der Waals surface area (Å²) in [5.41, 5.74) is 6.85. The molecule has 0 saturated carbocycles. The molecule has 0 saturated heterocycles. The van der Waals surface area contributed by atoms with Gasteiger partial charge in [-0.1, -0.05) is 57.1 Å². The van der Waals surface area contributed by atoms with Crippen molar-refractivity contribution in [3.8, 4) is 0 Å². The zero-order chi connectivity index (χ0) is 39.8. The molecule has 6 N–H and O–H groups in total. The minimum atomic E-state index is -1.01. The summed E-state index contributed by atoms with van der Waals surface area (Å²) >= 11 is 0. The molecule has 14 heteroatoms. The van der Waals surface area contributed by atoms with Crippen molar-refractivity contribution >= 4 is 29.5 Å². The minimum Gasteiger partial charge on any atom is -0.439 e. The highest BCUT2D eigenvalue weighted by Crippen LogP contribution is 2.29. The van der Waals surface area contributed by atoms with Crippen LogP contribution in [0.1, 0.15) is 76.7 Å². The van der Waals surface area contributed by atoms with Crippen molar-refractivity contribution in [2.75, 3.05) is 27.3 Å². The number of aromatic nitrogens is 1. The van der Waals surface area contributed by atoms with Crippen LogP contribution in [0, 0.1) is 11.8 Å². The van der Waals surface area contributed by atoms with Crippen molar-refractivity contribution in [3.05, 3.63) is 88.6 Å². The van der Waals surface area contributed by atoms with Gasteiger partial charge in [0.15, 0.2) is 6.10 Å². The number of Topliss-reactive ketones (excluding diaryl/α,β-unsaturated/α-hetero) is 1. The Balaban J connectivity index is 1.81. The number of nitrogens with one attached hydrogen (secondary N) is 3. The molecule has 2 aliphatic rings. The van der Waals surface area contributed by atoms with Crippen LogP contribution in [0.2, 0.25) is 0 Å². The molecule has 6 atom stereocenters. The largest absolute Gasteiger partial charge is 0.439 e. The smallest absolute Gasteiger partial charge is 0.405 e. The number of nitrogens with zero attached hydrogens (tertiary/aromatic N) is 1. The highest BCUT2D eigenvalue weighted by molar-refractivity contribution is 6.23. The van der Waals surface area contributed by atoms with E-state index in [1.807, 2.05) is 6.92 Å². The van der Waals surface area contributed by atoms with Gasteiger partial charge in [-0.2, -0.15) is 0 Å². The van der Waals surface area contributed by atoms with Crippen molar-refractivity contribution in [1.82, 2.24) is 20.9 Å². The molecule has 0 radical (unpaired) electrons. The van der Waals surface area contributed by atoms with Gasteiger partial charge in [0.25, 0.3) is 11.8 Å². The van der Waals surface area contributed by atoms with E-state index in [1.54, 1.807) is 63.4 Å². The Hall–Kier alpha value is -4.92. The lowest BCUT2D eigenvalue weighted by Crippen LogP contribution is -2.38. The van der Waals surface area contributed by atoms with E-state index < -0.39 is 53.9 Å². The predicted octanol–water partition coefficient (Wildman–Crippen LogP) is 3.74. The van der Waals surface area contributed by atoms with E-state index in [-0.39, 0.29) is 40.8 Å². The number of carbonyl (C=O) groups excluding carboxylic acids is 5. The number of hydrogen-bond donors (Lipinski definition) is 5. The van der Waals surface area contributed by atoms with Gasteiger partial charge in [0.05, 0.1) is 23.6 Å². The molecule has 0 unspecified atom stereocenters. The standard InChI is InChI=1S/C40H55N5O9/c1-24-20-28-34(43-18-10-7-8-11-19-44-39(50)29-15-9-12-17-42-29)31(46)23-30(36(28)48)45-38(49)25(2)14-13-16-32(52-5)37(54-40(41)51)27(4)22-26(3)35(47)33(21-24)53-6/h9,12-17,22-24,26,32-33,35,37,43,47H,7-8,10-11,18-21H2,1-6H3,(H2,41,51)(H,44,50)(H,45,49)/b16-13-,25-14+,27-22+/t24-,26+,32+,33+,35-,37+/m1/s1. The number of pyridine rings is 1. The van der Waals surface area contributed by atoms with Crippen molar-refractivity contribution in [1.29, 1.82) is 0 Å². The Bertz CT molecular complexity index is 1650. The zero-order valence-electron chi connectivity index (χ0n) is 32.1. The van der Waals surface area contributed by atoms with Gasteiger partial charge in [-0.05, 0) is 63.2 Å². The highest BCUT2D eigenvalue weighted by atomic mass is 16.6. The fraction of sp³-hybridized carbons (Fsp3) is 0.500. The summed E-state index contributed by atoms with van der Waals surface area (Å²) < 4.78 is 16.7. The molecule has 0 fully saturated rings. The third-order valence-corrected chi connectivity index (χ3v) is 9.38. The van der Waals surface area contributed by atoms with Crippen LogP contribution in [-0.2, 0) is 28.6 Å². The van der Waals surface area contributed by atoms with E-state index in [0.717, 1.165) is 25.3 Å². The van der Waals surface area contributed by atoms with Crippen LogP contribution < -0.4 is 21.7 Å². The van der Waals surface area contributed by atoms with Crippen molar-refractivity contribution < 1.29 is 43.3 Å². The van der Waals surface area contributed by atoms with Crippen LogP contribution in [-0.4, -0.2) is 91.3 Å². The van der Waals surface area contributed by atoms with Crippen LogP contribution in [0.4, 0.5) is 4.79 Å². The molecule has 1 aliphatic carbocycles. The first-order valence-electron chi connectivity index (χ1n) is 18.3. The molecule has 2 heterocycles. The number of methoxy groups -OCH3 is 2. The summed E-state index contributed by atoms with van der Waals surface area (Å²) in [7, 11) is 2.92. The van der Waals surface area contributed by atoms with E-state index in [9.17, 15) is 29.1 Å². The fourth-order valence-electron chi connectivity index (χ4n) is 6.38. The Morgan fingerprint density at radius 3 is 2.41 bits per heavy atom. The predicted molar refractivity (Wildman–Crippen MR) is 203 cm³/mol. The van der Waals surface area contributed by atoms with Gasteiger partial charge in [-0.15, -0.1) is 0 Å². The summed E-state index contributed by atoms with van der Waals surface area (Å²) in [4.78, 5) is 68.7. The molecule has 0 spiro atoms. The van der Waals surface area contributed by atoms with Crippen LogP contribution in [0.5, 0.6) is 0 Å². The average molecular weight is 750 g/mol. The number of ketones is 2. The van der Waals surface area contributed by atoms with Crippen molar-refractivity contribution in [2.24, 2.45) is 17.6 Å². The van der Waals surface area contributed by atoms with E-state index in [4.69, 9.17) is 19.9 Å². The molecule has 3 rings (SSSR count). The number of allylic oxidation sites excluding steroid dienone is 4. The normalized spacial score (nSPS) is 27.1. The van der Waals surface area contributed by atoms with Crippen LogP contribution in [0.3, 0.4) is 0 Å². The lowest BCUT2D eigenvalue weighted by molar-refractivity contribution is -0.120. The Labute approximate surface area is 317 Å². The van der Waals surface area contributed by atoms with Crippen LogP contribution >= 0.6 is 0 Å². The lowest BCUT2D eigenvalue weighted by Gasteiger charge is -2.30. The van der Waals surface area contributed by atoms with Crippen molar-refractivity contribution in [2.45, 2.75) is 90.6 Å². The highest BCUT2D eigenvalue weighted by Gasteiger charge is 2.33. The molecule has 3 amide bonds. The van der Waals surface area contributed by atoms with E-state index in [2.05, 4.69) is 20.9 Å². The second kappa shape index (κ2) is 21.7. The minimum absolute atomic E-state index is 0.137. The molecular weight excluding hydrogens is 694 g/mol. The van der Waals surface area contributed by atoms with Crippen LogP contribution in [0.25, 0.3) is 0 Å². The molecule has 1 aromatic heterocycles. The number of rotatable bonds is 12. The monoisotopic (exact) mass is 749 g/mol. The molecule has 2 bridgehead atoms. The number of aliphatic hydroxyl groups excluding tert-OH is 1. The maximum Gasteiger partial charge on any atom is 0.405 e. The Morgan fingerprint density at radius 2 is 1.76 bits per heavy atom. The summed E-state index contributed by atoms with van der Waals surface area (Å²) in [5.74, 6) is -2.42. The quantitative estimate of drug-likeness (QED) is 0.118. The van der Waals surface area contributed by atoms with Gasteiger partial charge in [0.2, 0.25) is 11.6 Å². The first kappa shape index (κ1) is 43.5. The first-order valence-corrected chi connectivity index (χ1v) is 18.3. The SMILES string of the molecule is CO[C@H]1/C=C\C=C(/C)C(=O)NC2=CC(=O)C(NCCCCCCNC(=O)c3ccccn3)=C(C[C@@H](C)C[C@H](OC)[C@H](O)[C@@H](C)/C=C(\C)[C@@H]1OC(N)=O)C2=O. The Kier molecular flexibility index (Phi) is 17.5. The number of fused-ring (bicyclic) bond motifs is 2. The summed E-state index contributed by atoms with van der Waals surface area (Å²) in [6, 6.07) is 5.16. The number of hydrogen-bond acceptors (Lipinski definition) is 11. The van der Waals surface area contributed by atoms with E-state index in [0.29, 0.717) is 37.2 Å². The maximum absolute atomic E-state index is 13.9. The molecular formula is C40H55N5O9. The molecule has 294 valence electrons. The molecule has 54 heavy (non-hydrogen) atoms. The summed E-state index contributed by atoms with van der Waals surface area (Å²) in [6.45, 7) is 7.94. The fourth-order valence-corrected chi connectivity index (χ4v) is 6.38. The number of nitrogens with two attached hydrogens (primary N) is 1. The number of amides is 3. The third-order valence-electron chi connectivity index (χ3n) is 9.38. The number of unbranched alkanes of at least 4 members (excludes halogenated alkanes) is 3. The van der Waals surface area contributed by atoms with Crippen LogP contribution in [0.15, 0.2) is 82.9 Å². The van der Waals surface area contributed by atoms with Gasteiger partial charge in [-0.3, -0.25) is 24.2 Å². The zero-order valence-corrected chi connectivity index (χ0v) is 32.1. The Morgan fingerprint density at radius 1 is 1.04 bits per heavy atom. The molecule has 0 aromatic carbocycles. The van der Waals surface area contributed by atoms with Gasteiger partial charge < -0.3 is 41.0 Å². The summed E-state index contributed by atoms with van der Waals surface area (Å²) in [5, 5.41) is 20.0.